The van der Waals surface area contributed by atoms with Crippen molar-refractivity contribution < 1.29 is 9.53 Å². The van der Waals surface area contributed by atoms with Crippen LogP contribution in [-0.2, 0) is 23.0 Å². The number of carbonyl (C=O) groups excluding carboxylic acids is 1. The highest BCUT2D eigenvalue weighted by Gasteiger charge is 2.48. The Morgan fingerprint density at radius 1 is 1.33 bits per heavy atom. The number of hydrogen-bond acceptors (Lipinski definition) is 3. The number of rotatable bonds is 0. The van der Waals surface area contributed by atoms with Crippen molar-refractivity contribution in [1.82, 2.24) is 9.88 Å². The first-order valence-electron chi connectivity index (χ1n) is 8.84. The third kappa shape index (κ3) is 1.75. The molecule has 3 aliphatic heterocycles. The third-order valence-corrected chi connectivity index (χ3v) is 6.31. The van der Waals surface area contributed by atoms with Crippen LogP contribution in [0.15, 0.2) is 35.9 Å². The zero-order valence-corrected chi connectivity index (χ0v) is 14.1. The van der Waals surface area contributed by atoms with E-state index >= 15 is 0 Å². The fourth-order valence-corrected chi connectivity index (χ4v) is 5.26. The average molecular weight is 322 g/mol. The molecule has 4 heterocycles. The molecule has 4 nitrogen and oxygen atoms in total. The minimum atomic E-state index is -0.115. The molecule has 4 atom stereocenters. The first kappa shape index (κ1) is 14.3. The van der Waals surface area contributed by atoms with Crippen LogP contribution in [0, 0.1) is 11.8 Å². The molecule has 1 aromatic heterocycles. The number of carbonyl (C=O) groups is 1. The standard InChI is InChI=1S/C20H22N2O2/c1-3-11-13-8-17-19-14(12-6-4-5-7-18(12)22(19)2)9-16(21-17)15(13)10-24-20(11)23/h3-7,13,15-17,21H,8-10H2,1-2H3. The summed E-state index contributed by atoms with van der Waals surface area (Å²) in [5, 5.41) is 5.21. The average Bonchev–Trinajstić information content (AvgIpc) is 2.88. The molecule has 0 spiro atoms. The maximum atomic E-state index is 12.1. The SMILES string of the molecule is CC=C1C(=O)OCC2C3Cc4c(n(C)c5ccccc45)C(CC12)N3. The largest absolute Gasteiger partial charge is 0.462 e. The van der Waals surface area contributed by atoms with Crippen molar-refractivity contribution in [3.63, 3.8) is 0 Å². The third-order valence-electron chi connectivity index (χ3n) is 6.31. The van der Waals surface area contributed by atoms with E-state index in [1.54, 1.807) is 0 Å². The Morgan fingerprint density at radius 2 is 2.17 bits per heavy atom. The molecular weight excluding hydrogens is 300 g/mol. The topological polar surface area (TPSA) is 43.3 Å². The van der Waals surface area contributed by atoms with E-state index in [4.69, 9.17) is 4.74 Å². The number of nitrogens with zero attached hydrogens (tertiary/aromatic N) is 1. The van der Waals surface area contributed by atoms with Gasteiger partial charge in [-0.15, -0.1) is 0 Å². The van der Waals surface area contributed by atoms with Gasteiger partial charge in [-0.1, -0.05) is 24.3 Å². The van der Waals surface area contributed by atoms with Crippen molar-refractivity contribution in [3.05, 3.63) is 47.2 Å². The van der Waals surface area contributed by atoms with E-state index in [9.17, 15) is 4.79 Å². The van der Waals surface area contributed by atoms with Gasteiger partial charge in [0.05, 0.1) is 6.61 Å². The number of para-hydroxylation sites is 1. The molecule has 0 radical (unpaired) electrons. The van der Waals surface area contributed by atoms with Gasteiger partial charge in [0, 0.05) is 53.1 Å². The van der Waals surface area contributed by atoms with E-state index < -0.39 is 0 Å². The minimum Gasteiger partial charge on any atom is -0.462 e. The summed E-state index contributed by atoms with van der Waals surface area (Å²) in [6.45, 7) is 2.50. The summed E-state index contributed by atoms with van der Waals surface area (Å²) in [5.74, 6) is 0.590. The van der Waals surface area contributed by atoms with E-state index in [1.807, 2.05) is 13.0 Å². The van der Waals surface area contributed by atoms with Crippen LogP contribution in [0.2, 0.25) is 0 Å². The Bertz CT molecular complexity index is 879. The lowest BCUT2D eigenvalue weighted by molar-refractivity contribution is -0.147. The van der Waals surface area contributed by atoms with Crippen LogP contribution < -0.4 is 5.32 Å². The van der Waals surface area contributed by atoms with E-state index in [2.05, 4.69) is 41.2 Å². The molecule has 2 bridgehead atoms. The minimum absolute atomic E-state index is 0.115. The monoisotopic (exact) mass is 322 g/mol. The summed E-state index contributed by atoms with van der Waals surface area (Å²) in [6, 6.07) is 9.38. The second kappa shape index (κ2) is 4.96. The molecule has 1 aromatic carbocycles. The number of esters is 1. The predicted molar refractivity (Wildman–Crippen MR) is 92.6 cm³/mol. The smallest absolute Gasteiger partial charge is 0.333 e. The van der Waals surface area contributed by atoms with Crippen LogP contribution in [0.1, 0.15) is 30.6 Å². The number of cyclic esters (lactones) is 1. The highest BCUT2D eigenvalue weighted by molar-refractivity contribution is 5.90. The number of fused-ring (bicyclic) bond motifs is 8. The molecular formula is C20H22N2O2. The molecule has 124 valence electrons. The predicted octanol–water partition coefficient (Wildman–Crippen LogP) is 2.87. The van der Waals surface area contributed by atoms with Gasteiger partial charge in [-0.2, -0.15) is 0 Å². The van der Waals surface area contributed by atoms with Gasteiger partial charge in [0.2, 0.25) is 0 Å². The lowest BCUT2D eigenvalue weighted by Gasteiger charge is -2.48. The first-order chi connectivity index (χ1) is 11.7. The Morgan fingerprint density at radius 3 is 3.00 bits per heavy atom. The summed E-state index contributed by atoms with van der Waals surface area (Å²) in [6.07, 6.45) is 3.96. The maximum absolute atomic E-state index is 12.1. The lowest BCUT2D eigenvalue weighted by atomic mass is 9.68. The Balaban J connectivity index is 1.65. The van der Waals surface area contributed by atoms with Crippen molar-refractivity contribution in [1.29, 1.82) is 0 Å². The van der Waals surface area contributed by atoms with Gasteiger partial charge in [0.15, 0.2) is 0 Å². The number of aryl methyl sites for hydroxylation is 1. The molecule has 0 saturated carbocycles. The molecule has 1 N–H and O–H groups in total. The zero-order chi connectivity index (χ0) is 16.4. The van der Waals surface area contributed by atoms with Crippen LogP contribution in [0.5, 0.6) is 0 Å². The Labute approximate surface area is 141 Å². The summed E-state index contributed by atoms with van der Waals surface area (Å²) >= 11 is 0. The van der Waals surface area contributed by atoms with E-state index in [1.165, 1.54) is 22.2 Å². The number of benzene rings is 1. The van der Waals surface area contributed by atoms with Crippen molar-refractivity contribution in [2.24, 2.45) is 18.9 Å². The van der Waals surface area contributed by atoms with Gasteiger partial charge in [0.1, 0.15) is 0 Å². The van der Waals surface area contributed by atoms with Crippen LogP contribution in [0.3, 0.4) is 0 Å². The lowest BCUT2D eigenvalue weighted by Crippen LogP contribution is -2.56. The van der Waals surface area contributed by atoms with Crippen molar-refractivity contribution >= 4 is 16.9 Å². The number of ether oxygens (including phenoxy) is 1. The highest BCUT2D eigenvalue weighted by atomic mass is 16.5. The number of aromatic nitrogens is 1. The summed E-state index contributed by atoms with van der Waals surface area (Å²) in [5.41, 5.74) is 5.07. The molecule has 0 aliphatic carbocycles. The zero-order valence-electron chi connectivity index (χ0n) is 14.1. The normalized spacial score (nSPS) is 33.2. The molecule has 4 heteroatoms. The first-order valence-corrected chi connectivity index (χ1v) is 8.84. The van der Waals surface area contributed by atoms with Crippen molar-refractivity contribution in [3.8, 4) is 0 Å². The quantitative estimate of drug-likeness (QED) is 0.599. The van der Waals surface area contributed by atoms with Crippen molar-refractivity contribution in [2.45, 2.75) is 31.8 Å². The second-order valence-electron chi connectivity index (χ2n) is 7.32. The Kier molecular flexibility index (Phi) is 2.95. The number of piperidine rings is 1. The van der Waals surface area contributed by atoms with Gasteiger partial charge >= 0.3 is 5.97 Å². The molecule has 24 heavy (non-hydrogen) atoms. The van der Waals surface area contributed by atoms with Crippen LogP contribution in [-0.4, -0.2) is 23.2 Å². The number of allylic oxidation sites excluding steroid dienone is 1. The molecule has 2 fully saturated rings. The second-order valence-corrected chi connectivity index (χ2v) is 7.32. The highest BCUT2D eigenvalue weighted by Crippen LogP contribution is 2.47. The number of hydrogen-bond donors (Lipinski definition) is 1. The van der Waals surface area contributed by atoms with Gasteiger partial charge in [0.25, 0.3) is 0 Å². The maximum Gasteiger partial charge on any atom is 0.333 e. The Hall–Kier alpha value is -2.07. The molecule has 4 unspecified atom stereocenters. The van der Waals surface area contributed by atoms with Crippen LogP contribution >= 0.6 is 0 Å². The van der Waals surface area contributed by atoms with Crippen LogP contribution in [0.4, 0.5) is 0 Å². The fourth-order valence-electron chi connectivity index (χ4n) is 5.26. The van der Waals surface area contributed by atoms with E-state index in [0.29, 0.717) is 30.5 Å². The van der Waals surface area contributed by atoms with Crippen molar-refractivity contribution in [2.75, 3.05) is 6.61 Å². The molecule has 2 aromatic rings. The van der Waals surface area contributed by atoms with Crippen LogP contribution in [0.25, 0.3) is 10.9 Å². The van der Waals surface area contributed by atoms with Gasteiger partial charge in [-0.05, 0) is 31.4 Å². The fraction of sp³-hybridized carbons (Fsp3) is 0.450. The number of nitrogens with one attached hydrogen (secondary N) is 1. The summed E-state index contributed by atoms with van der Waals surface area (Å²) in [4.78, 5) is 12.1. The molecule has 2 saturated heterocycles. The summed E-state index contributed by atoms with van der Waals surface area (Å²) in [7, 11) is 2.17. The van der Waals surface area contributed by atoms with Gasteiger partial charge in [-0.3, -0.25) is 0 Å². The molecule has 5 rings (SSSR count). The summed E-state index contributed by atoms with van der Waals surface area (Å²) < 4.78 is 7.81. The molecule has 3 aliphatic rings. The van der Waals surface area contributed by atoms with Gasteiger partial charge in [-0.25, -0.2) is 4.79 Å². The van der Waals surface area contributed by atoms with E-state index in [-0.39, 0.29) is 5.97 Å². The van der Waals surface area contributed by atoms with E-state index in [0.717, 1.165) is 18.4 Å². The molecule has 0 amide bonds. The van der Waals surface area contributed by atoms with Gasteiger partial charge < -0.3 is 14.6 Å².